The SMILES string of the molecule is CC1CCCCC1N(C)CCC#N. The lowest BCUT2D eigenvalue weighted by Crippen LogP contribution is -2.39. The maximum Gasteiger partial charge on any atom is 0.0635 e. The fourth-order valence-corrected chi connectivity index (χ4v) is 2.34. The monoisotopic (exact) mass is 180 g/mol. The van der Waals surface area contributed by atoms with Crippen LogP contribution in [0.5, 0.6) is 0 Å². The summed E-state index contributed by atoms with van der Waals surface area (Å²) >= 11 is 0. The molecule has 0 bridgehead atoms. The highest BCUT2D eigenvalue weighted by molar-refractivity contribution is 4.81. The summed E-state index contributed by atoms with van der Waals surface area (Å²) in [5, 5.41) is 8.50. The minimum absolute atomic E-state index is 0.666. The van der Waals surface area contributed by atoms with Gasteiger partial charge >= 0.3 is 0 Å². The van der Waals surface area contributed by atoms with Crippen molar-refractivity contribution < 1.29 is 0 Å². The molecular formula is C11H20N2. The van der Waals surface area contributed by atoms with Crippen molar-refractivity contribution in [3.05, 3.63) is 0 Å². The first-order valence-corrected chi connectivity index (χ1v) is 5.33. The van der Waals surface area contributed by atoms with Gasteiger partial charge in [0.25, 0.3) is 0 Å². The standard InChI is InChI=1S/C11H20N2/c1-10-6-3-4-7-11(10)13(2)9-5-8-12/h10-11H,3-7,9H2,1-2H3. The molecule has 2 heteroatoms. The van der Waals surface area contributed by atoms with Gasteiger partial charge in [-0.15, -0.1) is 0 Å². The van der Waals surface area contributed by atoms with Gasteiger partial charge in [0.05, 0.1) is 6.07 Å². The highest BCUT2D eigenvalue weighted by Crippen LogP contribution is 2.27. The minimum Gasteiger partial charge on any atom is -0.302 e. The summed E-state index contributed by atoms with van der Waals surface area (Å²) in [6.07, 6.45) is 6.11. The number of hydrogen-bond acceptors (Lipinski definition) is 2. The van der Waals surface area contributed by atoms with Gasteiger partial charge in [0.1, 0.15) is 0 Å². The molecule has 0 N–H and O–H groups in total. The van der Waals surface area contributed by atoms with E-state index in [-0.39, 0.29) is 0 Å². The second kappa shape index (κ2) is 5.24. The van der Waals surface area contributed by atoms with E-state index in [4.69, 9.17) is 5.26 Å². The fourth-order valence-electron chi connectivity index (χ4n) is 2.34. The van der Waals surface area contributed by atoms with Gasteiger partial charge in [0, 0.05) is 19.0 Å². The Morgan fingerprint density at radius 1 is 1.38 bits per heavy atom. The largest absolute Gasteiger partial charge is 0.302 e. The van der Waals surface area contributed by atoms with Gasteiger partial charge in [-0.3, -0.25) is 0 Å². The number of hydrogen-bond donors (Lipinski definition) is 0. The minimum atomic E-state index is 0.666. The van der Waals surface area contributed by atoms with Crippen molar-refractivity contribution in [1.29, 1.82) is 5.26 Å². The van der Waals surface area contributed by atoms with Crippen LogP contribution < -0.4 is 0 Å². The Hall–Kier alpha value is -0.550. The zero-order valence-corrected chi connectivity index (χ0v) is 8.79. The first-order chi connectivity index (χ1) is 6.25. The van der Waals surface area contributed by atoms with Crippen LogP contribution in [0.3, 0.4) is 0 Å². The van der Waals surface area contributed by atoms with Gasteiger partial charge < -0.3 is 4.90 Å². The summed E-state index contributed by atoms with van der Waals surface area (Å²) in [6.45, 7) is 3.28. The van der Waals surface area contributed by atoms with Crippen LogP contribution >= 0.6 is 0 Å². The highest BCUT2D eigenvalue weighted by Gasteiger charge is 2.24. The topological polar surface area (TPSA) is 27.0 Å². The third kappa shape index (κ3) is 3.00. The molecule has 13 heavy (non-hydrogen) atoms. The van der Waals surface area contributed by atoms with Crippen molar-refractivity contribution >= 4 is 0 Å². The Morgan fingerprint density at radius 3 is 2.69 bits per heavy atom. The quantitative estimate of drug-likeness (QED) is 0.667. The Kier molecular flexibility index (Phi) is 4.24. The average Bonchev–Trinajstić information content (AvgIpc) is 2.15. The molecule has 0 spiro atoms. The molecule has 0 amide bonds. The second-order valence-electron chi connectivity index (χ2n) is 4.22. The van der Waals surface area contributed by atoms with Crippen molar-refractivity contribution in [2.45, 2.75) is 45.1 Å². The first kappa shape index (κ1) is 10.5. The van der Waals surface area contributed by atoms with Crippen LogP contribution in [0.15, 0.2) is 0 Å². The molecule has 1 aliphatic rings. The molecule has 0 radical (unpaired) electrons. The molecule has 1 fully saturated rings. The molecule has 0 saturated heterocycles. The van der Waals surface area contributed by atoms with Gasteiger partial charge in [0.15, 0.2) is 0 Å². The molecule has 1 saturated carbocycles. The highest BCUT2D eigenvalue weighted by atomic mass is 15.1. The van der Waals surface area contributed by atoms with Gasteiger partial charge in [-0.05, 0) is 25.8 Å². The van der Waals surface area contributed by atoms with E-state index in [9.17, 15) is 0 Å². The molecule has 0 aliphatic heterocycles. The van der Waals surface area contributed by atoms with E-state index < -0.39 is 0 Å². The van der Waals surface area contributed by atoms with E-state index in [0.717, 1.165) is 18.5 Å². The van der Waals surface area contributed by atoms with Crippen LogP contribution in [0.4, 0.5) is 0 Å². The van der Waals surface area contributed by atoms with Crippen molar-refractivity contribution in [3.8, 4) is 6.07 Å². The zero-order chi connectivity index (χ0) is 9.68. The molecule has 1 aliphatic carbocycles. The van der Waals surface area contributed by atoms with E-state index in [0.29, 0.717) is 6.42 Å². The molecule has 2 unspecified atom stereocenters. The van der Waals surface area contributed by atoms with E-state index in [2.05, 4.69) is 24.9 Å². The van der Waals surface area contributed by atoms with Crippen LogP contribution in [-0.4, -0.2) is 24.5 Å². The maximum atomic E-state index is 8.50. The molecule has 1 rings (SSSR count). The van der Waals surface area contributed by atoms with Crippen molar-refractivity contribution in [1.82, 2.24) is 4.90 Å². The maximum absolute atomic E-state index is 8.50. The predicted molar refractivity (Wildman–Crippen MR) is 54.3 cm³/mol. The number of nitriles is 1. The van der Waals surface area contributed by atoms with E-state index in [1.54, 1.807) is 0 Å². The molecule has 74 valence electrons. The molecule has 0 aromatic carbocycles. The van der Waals surface area contributed by atoms with Gasteiger partial charge in [0.2, 0.25) is 0 Å². The second-order valence-corrected chi connectivity index (χ2v) is 4.22. The summed E-state index contributed by atoms with van der Waals surface area (Å²) in [5.41, 5.74) is 0. The van der Waals surface area contributed by atoms with Crippen molar-refractivity contribution in [2.24, 2.45) is 5.92 Å². The van der Waals surface area contributed by atoms with E-state index in [1.807, 2.05) is 0 Å². The van der Waals surface area contributed by atoms with E-state index in [1.165, 1.54) is 25.7 Å². The molecular weight excluding hydrogens is 160 g/mol. The summed E-state index contributed by atoms with van der Waals surface area (Å²) in [7, 11) is 2.16. The van der Waals surface area contributed by atoms with Crippen LogP contribution in [0.1, 0.15) is 39.0 Å². The average molecular weight is 180 g/mol. The molecule has 0 aromatic rings. The lowest BCUT2D eigenvalue weighted by molar-refractivity contribution is 0.142. The van der Waals surface area contributed by atoms with Gasteiger partial charge in [-0.1, -0.05) is 19.8 Å². The van der Waals surface area contributed by atoms with Crippen LogP contribution in [-0.2, 0) is 0 Å². The number of rotatable bonds is 3. The third-order valence-electron chi connectivity index (χ3n) is 3.21. The third-order valence-corrected chi connectivity index (χ3v) is 3.21. The van der Waals surface area contributed by atoms with Gasteiger partial charge in [-0.25, -0.2) is 0 Å². The molecule has 2 atom stereocenters. The smallest absolute Gasteiger partial charge is 0.0635 e. The molecule has 0 aromatic heterocycles. The molecule has 2 nitrogen and oxygen atoms in total. The molecule has 0 heterocycles. The van der Waals surface area contributed by atoms with Crippen molar-refractivity contribution in [3.63, 3.8) is 0 Å². The van der Waals surface area contributed by atoms with Crippen LogP contribution in [0.25, 0.3) is 0 Å². The Balaban J connectivity index is 2.35. The predicted octanol–water partition coefficient (Wildman–Crippen LogP) is 2.41. The summed E-state index contributed by atoms with van der Waals surface area (Å²) in [6, 6.07) is 2.94. The Bertz CT molecular complexity index is 183. The Morgan fingerprint density at radius 2 is 2.08 bits per heavy atom. The van der Waals surface area contributed by atoms with Crippen molar-refractivity contribution in [2.75, 3.05) is 13.6 Å². The zero-order valence-electron chi connectivity index (χ0n) is 8.79. The van der Waals surface area contributed by atoms with Crippen LogP contribution in [0.2, 0.25) is 0 Å². The number of nitrogens with zero attached hydrogens (tertiary/aromatic N) is 2. The summed E-state index contributed by atoms with van der Waals surface area (Å²) in [5.74, 6) is 0.817. The summed E-state index contributed by atoms with van der Waals surface area (Å²) in [4.78, 5) is 2.37. The Labute approximate surface area is 81.5 Å². The normalized spacial score (nSPS) is 28.8. The fraction of sp³-hybridized carbons (Fsp3) is 0.909. The van der Waals surface area contributed by atoms with E-state index >= 15 is 0 Å². The summed E-state index contributed by atoms with van der Waals surface area (Å²) < 4.78 is 0. The van der Waals surface area contributed by atoms with Gasteiger partial charge in [-0.2, -0.15) is 5.26 Å². The lowest BCUT2D eigenvalue weighted by atomic mass is 9.85. The van der Waals surface area contributed by atoms with Crippen LogP contribution in [0, 0.1) is 17.2 Å². The lowest BCUT2D eigenvalue weighted by Gasteiger charge is -2.35. The first-order valence-electron chi connectivity index (χ1n) is 5.33.